The van der Waals surface area contributed by atoms with E-state index in [0.29, 0.717) is 47.0 Å². The predicted molar refractivity (Wildman–Crippen MR) is 122 cm³/mol. The number of carboxylic acids is 1. The molecule has 1 aliphatic rings. The largest absolute Gasteiger partial charge is 0.496 e. The molecular weight excluding hydrogens is 435 g/mol. The Kier molecular flexibility index (Phi) is 7.96. The number of anilines is 1. The minimum absolute atomic E-state index is 0.223. The molecule has 0 unspecified atom stereocenters. The van der Waals surface area contributed by atoms with Gasteiger partial charge in [0.15, 0.2) is 0 Å². The number of methoxy groups -OCH3 is 1. The molecule has 0 saturated heterocycles. The molecule has 0 radical (unpaired) electrons. The summed E-state index contributed by atoms with van der Waals surface area (Å²) < 4.78 is 19.0. The van der Waals surface area contributed by atoms with Gasteiger partial charge in [-0.15, -0.1) is 0 Å². The zero-order chi connectivity index (χ0) is 23.3. The van der Waals surface area contributed by atoms with Crippen molar-refractivity contribution < 1.29 is 23.8 Å². The average molecular weight is 463 g/mol. The summed E-state index contributed by atoms with van der Waals surface area (Å²) in [5, 5.41) is 15.6. The number of nitrogens with one attached hydrogen (secondary N) is 2. The van der Waals surface area contributed by atoms with Gasteiger partial charge in [0.05, 0.1) is 29.8 Å². The first-order chi connectivity index (χ1) is 15.3. The van der Waals surface area contributed by atoms with Crippen LogP contribution in [-0.4, -0.2) is 30.6 Å². The topological polar surface area (TPSA) is 87.7 Å². The average Bonchev–Trinajstić information content (AvgIpc) is 2.78. The summed E-state index contributed by atoms with van der Waals surface area (Å²) in [7, 11) is 1.53. The summed E-state index contributed by atoms with van der Waals surface area (Å²) in [5.41, 5.74) is 1.72. The van der Waals surface area contributed by atoms with Crippen LogP contribution in [0.5, 0.6) is 5.75 Å². The molecule has 0 aliphatic heterocycles. The van der Waals surface area contributed by atoms with E-state index in [1.807, 2.05) is 6.92 Å². The third-order valence-electron chi connectivity index (χ3n) is 6.01. The Bertz CT molecular complexity index is 976. The van der Waals surface area contributed by atoms with Gasteiger partial charge >= 0.3 is 5.97 Å². The van der Waals surface area contributed by atoms with Gasteiger partial charge in [0.2, 0.25) is 0 Å². The second-order valence-electron chi connectivity index (χ2n) is 8.21. The molecule has 1 aliphatic carbocycles. The van der Waals surface area contributed by atoms with Crippen molar-refractivity contribution in [3.8, 4) is 5.75 Å². The quantitative estimate of drug-likeness (QED) is 0.496. The standard InChI is InChI=1S/C24H28ClFN2O4/c1-14(19-12-18(26)8-10-22(19)32-2)28-21-9-7-17(11-20(21)25)23(29)27-13-15-3-5-16(6-4-15)24(30)31/h7-12,14-16,28H,3-6,13H2,1-2H3,(H,27,29)(H,30,31)/t14-,15-,16-/m0/s1. The fourth-order valence-corrected chi connectivity index (χ4v) is 4.32. The first-order valence-corrected chi connectivity index (χ1v) is 11.1. The lowest BCUT2D eigenvalue weighted by atomic mass is 9.82. The van der Waals surface area contributed by atoms with Crippen molar-refractivity contribution in [2.24, 2.45) is 11.8 Å². The van der Waals surface area contributed by atoms with Gasteiger partial charge in [-0.25, -0.2) is 4.39 Å². The van der Waals surface area contributed by atoms with Crippen molar-refractivity contribution >= 4 is 29.2 Å². The summed E-state index contributed by atoms with van der Waals surface area (Å²) in [6, 6.07) is 9.04. The van der Waals surface area contributed by atoms with E-state index in [4.69, 9.17) is 21.4 Å². The molecule has 3 rings (SSSR count). The Balaban J connectivity index is 1.58. The minimum Gasteiger partial charge on any atom is -0.496 e. The summed E-state index contributed by atoms with van der Waals surface area (Å²) in [6.45, 7) is 2.38. The number of carbonyl (C=O) groups is 2. The molecular formula is C24H28ClFN2O4. The Morgan fingerprint density at radius 3 is 2.53 bits per heavy atom. The molecule has 0 bridgehead atoms. The fraction of sp³-hybridized carbons (Fsp3) is 0.417. The lowest BCUT2D eigenvalue weighted by Gasteiger charge is -2.26. The van der Waals surface area contributed by atoms with Crippen LogP contribution in [0.25, 0.3) is 0 Å². The number of halogens is 2. The molecule has 32 heavy (non-hydrogen) atoms. The van der Waals surface area contributed by atoms with Crippen LogP contribution in [0.2, 0.25) is 5.02 Å². The van der Waals surface area contributed by atoms with E-state index in [2.05, 4.69) is 10.6 Å². The van der Waals surface area contributed by atoms with Crippen LogP contribution < -0.4 is 15.4 Å². The highest BCUT2D eigenvalue weighted by molar-refractivity contribution is 6.33. The Hall–Kier alpha value is -2.80. The highest BCUT2D eigenvalue weighted by Crippen LogP contribution is 2.32. The zero-order valence-electron chi connectivity index (χ0n) is 18.2. The first-order valence-electron chi connectivity index (χ1n) is 10.7. The van der Waals surface area contributed by atoms with E-state index in [1.165, 1.54) is 19.2 Å². The number of carboxylic acid groups (broad SMARTS) is 1. The number of hydrogen-bond donors (Lipinski definition) is 3. The summed E-state index contributed by atoms with van der Waals surface area (Å²) >= 11 is 6.40. The maximum absolute atomic E-state index is 13.7. The zero-order valence-corrected chi connectivity index (χ0v) is 18.9. The maximum Gasteiger partial charge on any atom is 0.306 e. The maximum atomic E-state index is 13.7. The molecule has 1 amide bonds. The normalized spacial score (nSPS) is 19.1. The number of hydrogen-bond acceptors (Lipinski definition) is 4. The molecule has 0 heterocycles. The first kappa shape index (κ1) is 23.9. The monoisotopic (exact) mass is 462 g/mol. The number of carbonyl (C=O) groups excluding carboxylic acids is 1. The van der Waals surface area contributed by atoms with Gasteiger partial charge in [0.25, 0.3) is 5.91 Å². The molecule has 1 saturated carbocycles. The van der Waals surface area contributed by atoms with Gasteiger partial charge in [0.1, 0.15) is 11.6 Å². The summed E-state index contributed by atoms with van der Waals surface area (Å²) in [4.78, 5) is 23.6. The molecule has 172 valence electrons. The fourth-order valence-electron chi connectivity index (χ4n) is 4.08. The number of benzene rings is 2. The number of ether oxygens (including phenoxy) is 1. The lowest BCUT2D eigenvalue weighted by Crippen LogP contribution is -2.32. The smallest absolute Gasteiger partial charge is 0.306 e. The number of amides is 1. The molecule has 1 atom stereocenters. The van der Waals surface area contributed by atoms with E-state index in [-0.39, 0.29) is 29.6 Å². The van der Waals surface area contributed by atoms with Crippen molar-refractivity contribution in [3.05, 3.63) is 58.4 Å². The van der Waals surface area contributed by atoms with Gasteiger partial charge in [0, 0.05) is 17.7 Å². The molecule has 0 spiro atoms. The van der Waals surface area contributed by atoms with Crippen LogP contribution in [0.1, 0.15) is 54.6 Å². The third kappa shape index (κ3) is 5.91. The third-order valence-corrected chi connectivity index (χ3v) is 6.32. The van der Waals surface area contributed by atoms with Crippen LogP contribution in [0, 0.1) is 17.7 Å². The Morgan fingerprint density at radius 1 is 1.19 bits per heavy atom. The van der Waals surface area contributed by atoms with E-state index < -0.39 is 5.97 Å². The van der Waals surface area contributed by atoms with Gasteiger partial charge in [-0.2, -0.15) is 0 Å². The summed E-state index contributed by atoms with van der Waals surface area (Å²) in [6.07, 6.45) is 2.89. The van der Waals surface area contributed by atoms with Crippen molar-refractivity contribution in [3.63, 3.8) is 0 Å². The highest BCUT2D eigenvalue weighted by Gasteiger charge is 2.26. The highest BCUT2D eigenvalue weighted by atomic mass is 35.5. The van der Waals surface area contributed by atoms with E-state index in [9.17, 15) is 14.0 Å². The van der Waals surface area contributed by atoms with E-state index >= 15 is 0 Å². The van der Waals surface area contributed by atoms with Crippen molar-refractivity contribution in [2.45, 2.75) is 38.6 Å². The van der Waals surface area contributed by atoms with Gasteiger partial charge in [-0.1, -0.05) is 11.6 Å². The number of rotatable bonds is 8. The van der Waals surface area contributed by atoms with Crippen LogP contribution in [0.15, 0.2) is 36.4 Å². The second kappa shape index (κ2) is 10.7. The van der Waals surface area contributed by atoms with Crippen LogP contribution >= 0.6 is 11.6 Å². The van der Waals surface area contributed by atoms with Crippen LogP contribution in [-0.2, 0) is 4.79 Å². The molecule has 8 heteroatoms. The van der Waals surface area contributed by atoms with Crippen LogP contribution in [0.4, 0.5) is 10.1 Å². The molecule has 2 aromatic rings. The van der Waals surface area contributed by atoms with Crippen molar-refractivity contribution in [1.29, 1.82) is 0 Å². The predicted octanol–water partition coefficient (Wildman–Crippen LogP) is 5.28. The molecule has 6 nitrogen and oxygen atoms in total. The number of aliphatic carboxylic acids is 1. The van der Waals surface area contributed by atoms with Crippen molar-refractivity contribution in [2.75, 3.05) is 19.0 Å². The van der Waals surface area contributed by atoms with Gasteiger partial charge in [-0.05, 0) is 74.9 Å². The van der Waals surface area contributed by atoms with Gasteiger partial charge < -0.3 is 20.5 Å². The molecule has 0 aromatic heterocycles. The van der Waals surface area contributed by atoms with E-state index in [1.54, 1.807) is 24.3 Å². The van der Waals surface area contributed by atoms with Crippen LogP contribution in [0.3, 0.4) is 0 Å². The van der Waals surface area contributed by atoms with Crippen molar-refractivity contribution in [1.82, 2.24) is 5.32 Å². The Morgan fingerprint density at radius 2 is 1.91 bits per heavy atom. The molecule has 3 N–H and O–H groups in total. The van der Waals surface area contributed by atoms with Gasteiger partial charge in [-0.3, -0.25) is 9.59 Å². The second-order valence-corrected chi connectivity index (χ2v) is 8.62. The molecule has 2 aromatic carbocycles. The minimum atomic E-state index is -0.735. The summed E-state index contributed by atoms with van der Waals surface area (Å²) in [5.74, 6) is -0.733. The molecule has 1 fully saturated rings. The SMILES string of the molecule is COc1ccc(F)cc1[C@H](C)Nc1ccc(C(=O)NC[C@H]2CC[C@H](C(=O)O)CC2)cc1Cl. The van der Waals surface area contributed by atoms with E-state index in [0.717, 1.165) is 12.8 Å². The lowest BCUT2D eigenvalue weighted by molar-refractivity contribution is -0.143. The Labute approximate surface area is 192 Å².